The molecule has 1 unspecified atom stereocenters. The average molecular weight is 141 g/mol. The van der Waals surface area contributed by atoms with E-state index in [1.165, 1.54) is 0 Å². The second kappa shape index (κ2) is 2.82. The summed E-state index contributed by atoms with van der Waals surface area (Å²) in [5.41, 5.74) is 0. The van der Waals surface area contributed by atoms with Crippen molar-refractivity contribution in [3.05, 3.63) is 0 Å². The van der Waals surface area contributed by atoms with Gasteiger partial charge in [0.2, 0.25) is 0 Å². The Labute approximate surface area is 60.1 Å². The third-order valence-electron chi connectivity index (χ3n) is 1.61. The van der Waals surface area contributed by atoms with Crippen LogP contribution in [0.3, 0.4) is 0 Å². The highest BCUT2D eigenvalue weighted by Gasteiger charge is 2.19. The summed E-state index contributed by atoms with van der Waals surface area (Å²) < 4.78 is 5.02. The van der Waals surface area contributed by atoms with Crippen molar-refractivity contribution in [1.29, 1.82) is 0 Å². The van der Waals surface area contributed by atoms with Crippen LogP contribution in [0.2, 0.25) is 0 Å². The fourth-order valence-corrected chi connectivity index (χ4v) is 0.750. The van der Waals surface area contributed by atoms with E-state index in [2.05, 4.69) is 4.99 Å². The zero-order chi connectivity index (χ0) is 7.56. The number of rotatable bonds is 2. The summed E-state index contributed by atoms with van der Waals surface area (Å²) in [6, 6.07) is 0. The van der Waals surface area contributed by atoms with Crippen molar-refractivity contribution in [2.24, 2.45) is 10.9 Å². The minimum Gasteiger partial charge on any atom is -0.470 e. The van der Waals surface area contributed by atoms with E-state index in [9.17, 15) is 4.79 Å². The molecule has 10 heavy (non-hydrogen) atoms. The molecule has 0 bridgehead atoms. The van der Waals surface area contributed by atoms with E-state index in [4.69, 9.17) is 4.74 Å². The van der Waals surface area contributed by atoms with Crippen molar-refractivity contribution in [3.63, 3.8) is 0 Å². The topological polar surface area (TPSA) is 38.7 Å². The molecule has 1 rings (SSSR count). The summed E-state index contributed by atoms with van der Waals surface area (Å²) in [5.74, 6) is 0.731. The lowest BCUT2D eigenvalue weighted by molar-refractivity contribution is -0.118. The number of carbonyl (C=O) groups excluding carboxylic acids is 1. The Morgan fingerprint density at radius 2 is 2.50 bits per heavy atom. The van der Waals surface area contributed by atoms with Gasteiger partial charge in [0, 0.05) is 5.92 Å². The highest BCUT2D eigenvalue weighted by atomic mass is 16.5. The van der Waals surface area contributed by atoms with Gasteiger partial charge in [-0.15, -0.1) is 0 Å². The molecule has 0 fully saturated rings. The number of amides is 1. The van der Waals surface area contributed by atoms with Crippen LogP contribution in [-0.2, 0) is 9.53 Å². The van der Waals surface area contributed by atoms with Crippen molar-refractivity contribution in [1.82, 2.24) is 0 Å². The summed E-state index contributed by atoms with van der Waals surface area (Å²) in [6.45, 7) is 4.18. The third kappa shape index (κ3) is 1.35. The van der Waals surface area contributed by atoms with Gasteiger partial charge in [0.15, 0.2) is 12.5 Å². The molecule has 0 saturated carbocycles. The Kier molecular flexibility index (Phi) is 2.04. The van der Waals surface area contributed by atoms with Gasteiger partial charge >= 0.3 is 0 Å². The lowest BCUT2D eigenvalue weighted by Crippen LogP contribution is -2.09. The fourth-order valence-electron chi connectivity index (χ4n) is 0.750. The number of hydrogen-bond acceptors (Lipinski definition) is 2. The molecule has 1 atom stereocenters. The number of aliphatic imine (C=N–C) groups is 1. The van der Waals surface area contributed by atoms with Crippen molar-refractivity contribution in [2.75, 3.05) is 6.61 Å². The molecule has 0 aromatic carbocycles. The second-order valence-electron chi connectivity index (χ2n) is 2.44. The molecule has 3 heteroatoms. The lowest BCUT2D eigenvalue weighted by atomic mass is 10.1. The summed E-state index contributed by atoms with van der Waals surface area (Å²) in [7, 11) is 0. The molecular formula is C7H11NO2. The molecule has 0 N–H and O–H groups in total. The fraction of sp³-hybridized carbons (Fsp3) is 0.714. The molecule has 1 heterocycles. The molecule has 0 radical (unpaired) electrons. The molecule has 0 saturated heterocycles. The molecule has 0 aromatic rings. The van der Waals surface area contributed by atoms with Gasteiger partial charge in [0.1, 0.15) is 0 Å². The van der Waals surface area contributed by atoms with Crippen molar-refractivity contribution in [3.8, 4) is 0 Å². The third-order valence-corrected chi connectivity index (χ3v) is 1.61. The smallest absolute Gasteiger partial charge is 0.286 e. The highest BCUT2D eigenvalue weighted by Crippen LogP contribution is 2.09. The first-order valence-corrected chi connectivity index (χ1v) is 3.48. The molecule has 0 spiro atoms. The minimum atomic E-state index is -0.157. The maximum Gasteiger partial charge on any atom is 0.286 e. The SMILES string of the molecule is CCC(C)C1=NC(=O)CO1. The molecule has 0 aliphatic carbocycles. The molecule has 0 aromatic heterocycles. The Balaban J connectivity index is 2.57. The molecule has 1 aliphatic rings. The van der Waals surface area contributed by atoms with Crippen LogP contribution in [0.4, 0.5) is 0 Å². The van der Waals surface area contributed by atoms with Crippen LogP contribution in [0, 0.1) is 5.92 Å². The van der Waals surface area contributed by atoms with Crippen LogP contribution in [0.25, 0.3) is 0 Å². The van der Waals surface area contributed by atoms with Crippen LogP contribution < -0.4 is 0 Å². The first-order chi connectivity index (χ1) is 4.74. The molecular weight excluding hydrogens is 130 g/mol. The first-order valence-electron chi connectivity index (χ1n) is 3.48. The van der Waals surface area contributed by atoms with Crippen LogP contribution in [-0.4, -0.2) is 18.4 Å². The normalized spacial score (nSPS) is 20.2. The first kappa shape index (κ1) is 7.25. The van der Waals surface area contributed by atoms with E-state index in [-0.39, 0.29) is 18.4 Å². The van der Waals surface area contributed by atoms with Gasteiger partial charge < -0.3 is 4.74 Å². The van der Waals surface area contributed by atoms with Crippen LogP contribution in [0.1, 0.15) is 20.3 Å². The van der Waals surface area contributed by atoms with Gasteiger partial charge in [-0.1, -0.05) is 13.8 Å². The van der Waals surface area contributed by atoms with Gasteiger partial charge in [-0.2, -0.15) is 4.99 Å². The Morgan fingerprint density at radius 1 is 1.80 bits per heavy atom. The van der Waals surface area contributed by atoms with E-state index in [0.717, 1.165) is 6.42 Å². The van der Waals surface area contributed by atoms with E-state index in [1.807, 2.05) is 13.8 Å². The van der Waals surface area contributed by atoms with E-state index in [1.54, 1.807) is 0 Å². The Morgan fingerprint density at radius 3 is 2.90 bits per heavy atom. The maximum absolute atomic E-state index is 10.6. The number of nitrogens with zero attached hydrogens (tertiary/aromatic N) is 1. The predicted octanol–water partition coefficient (Wildman–Crippen LogP) is 0.988. The molecule has 56 valence electrons. The van der Waals surface area contributed by atoms with E-state index < -0.39 is 0 Å². The second-order valence-corrected chi connectivity index (χ2v) is 2.44. The van der Waals surface area contributed by atoms with E-state index >= 15 is 0 Å². The number of hydrogen-bond donors (Lipinski definition) is 0. The molecule has 3 nitrogen and oxygen atoms in total. The Hall–Kier alpha value is -0.860. The highest BCUT2D eigenvalue weighted by molar-refractivity contribution is 5.98. The van der Waals surface area contributed by atoms with Crippen LogP contribution in [0.5, 0.6) is 0 Å². The largest absolute Gasteiger partial charge is 0.470 e. The molecule has 1 amide bonds. The van der Waals surface area contributed by atoms with Crippen LogP contribution >= 0.6 is 0 Å². The van der Waals surface area contributed by atoms with Gasteiger partial charge in [0.25, 0.3) is 5.91 Å². The van der Waals surface area contributed by atoms with Crippen molar-refractivity contribution < 1.29 is 9.53 Å². The minimum absolute atomic E-state index is 0.139. The summed E-state index contributed by atoms with van der Waals surface area (Å²) >= 11 is 0. The van der Waals surface area contributed by atoms with Gasteiger partial charge in [-0.05, 0) is 6.42 Å². The Bertz CT molecular complexity index is 174. The van der Waals surface area contributed by atoms with Crippen molar-refractivity contribution >= 4 is 11.8 Å². The molecule has 1 aliphatic heterocycles. The lowest BCUT2D eigenvalue weighted by Gasteiger charge is -2.05. The van der Waals surface area contributed by atoms with Gasteiger partial charge in [0.05, 0.1) is 0 Å². The number of ether oxygens (including phenoxy) is 1. The summed E-state index contributed by atoms with van der Waals surface area (Å²) in [4.78, 5) is 14.3. The van der Waals surface area contributed by atoms with Gasteiger partial charge in [-0.3, -0.25) is 4.79 Å². The van der Waals surface area contributed by atoms with Crippen molar-refractivity contribution in [2.45, 2.75) is 20.3 Å². The van der Waals surface area contributed by atoms with E-state index in [0.29, 0.717) is 5.90 Å². The summed E-state index contributed by atoms with van der Waals surface area (Å²) in [5, 5.41) is 0. The van der Waals surface area contributed by atoms with Gasteiger partial charge in [-0.25, -0.2) is 0 Å². The standard InChI is InChI=1S/C7H11NO2/c1-3-5(2)7-8-6(9)4-10-7/h5H,3-4H2,1-2H3. The van der Waals surface area contributed by atoms with Crippen LogP contribution in [0.15, 0.2) is 4.99 Å². The maximum atomic E-state index is 10.6. The zero-order valence-corrected chi connectivity index (χ0v) is 6.26. The monoisotopic (exact) mass is 141 g/mol. The average Bonchev–Trinajstić information content (AvgIpc) is 2.34. The quantitative estimate of drug-likeness (QED) is 0.575. The number of carbonyl (C=O) groups is 1. The zero-order valence-electron chi connectivity index (χ0n) is 6.26. The predicted molar refractivity (Wildman–Crippen MR) is 37.8 cm³/mol. The summed E-state index contributed by atoms with van der Waals surface area (Å²) in [6.07, 6.45) is 0.964.